The molecule has 0 aliphatic carbocycles. The number of ketones is 1. The first-order valence-electron chi connectivity index (χ1n) is 9.97. The Labute approximate surface area is 208 Å². The molecule has 1 fully saturated rings. The molecule has 4 nitrogen and oxygen atoms in total. The van der Waals surface area contributed by atoms with E-state index in [0.717, 1.165) is 9.37 Å². The molecule has 10 heteroatoms. The second-order valence-electron chi connectivity index (χ2n) is 9.32. The van der Waals surface area contributed by atoms with Crippen LogP contribution in [0.25, 0.3) is 0 Å². The van der Waals surface area contributed by atoms with Crippen molar-refractivity contribution in [2.45, 2.75) is 51.5 Å². The molecule has 0 saturated carbocycles. The molecule has 1 saturated heterocycles. The van der Waals surface area contributed by atoms with E-state index in [1.54, 1.807) is 24.3 Å². The number of nitrogens with zero attached hydrogens (tertiary/aromatic N) is 1. The number of nitrogens with one attached hydrogen (secondary N) is 1. The molecule has 1 amide bonds. The molecule has 2 aromatic carbocycles. The number of alkyl halides is 3. The van der Waals surface area contributed by atoms with Crippen molar-refractivity contribution in [3.05, 3.63) is 62.5 Å². The van der Waals surface area contributed by atoms with Crippen molar-refractivity contribution in [2.24, 2.45) is 5.41 Å². The smallest absolute Gasteiger partial charge is 0.285 e. The van der Waals surface area contributed by atoms with Gasteiger partial charge in [0.15, 0.2) is 5.66 Å². The number of halogens is 6. The van der Waals surface area contributed by atoms with Crippen LogP contribution in [0.5, 0.6) is 0 Å². The van der Waals surface area contributed by atoms with Crippen molar-refractivity contribution >= 4 is 56.5 Å². The molecule has 3 rings (SSSR count). The summed E-state index contributed by atoms with van der Waals surface area (Å²) < 4.78 is 42.8. The minimum absolute atomic E-state index is 0.00273. The zero-order valence-corrected chi connectivity index (χ0v) is 21.4. The first kappa shape index (κ1) is 26.0. The summed E-state index contributed by atoms with van der Waals surface area (Å²) in [4.78, 5) is 27.8. The van der Waals surface area contributed by atoms with Gasteiger partial charge in [0, 0.05) is 25.6 Å². The number of amides is 1. The highest BCUT2D eigenvalue weighted by molar-refractivity contribution is 9.10. The van der Waals surface area contributed by atoms with Crippen LogP contribution in [0.4, 0.5) is 18.9 Å². The van der Waals surface area contributed by atoms with Gasteiger partial charge in [0.05, 0.1) is 0 Å². The average Bonchev–Trinajstić information content (AvgIpc) is 2.90. The number of anilines is 1. The Morgan fingerprint density at radius 2 is 1.58 bits per heavy atom. The van der Waals surface area contributed by atoms with Crippen LogP contribution in [-0.4, -0.2) is 29.1 Å². The van der Waals surface area contributed by atoms with Gasteiger partial charge in [0.1, 0.15) is 5.54 Å². The monoisotopic (exact) mass is 564 g/mol. The van der Waals surface area contributed by atoms with Gasteiger partial charge >= 0.3 is 6.18 Å². The number of carbonyl (C=O) groups excluding carboxylic acids is 2. The molecule has 178 valence electrons. The van der Waals surface area contributed by atoms with Crippen LogP contribution in [0.15, 0.2) is 46.9 Å². The fraction of sp³-hybridized carbons (Fsp3) is 0.391. The fourth-order valence-corrected chi connectivity index (χ4v) is 5.02. The third kappa shape index (κ3) is 4.67. The minimum Gasteiger partial charge on any atom is -0.285 e. The lowest BCUT2D eigenvalue weighted by Crippen LogP contribution is -2.70. The van der Waals surface area contributed by atoms with Crippen LogP contribution < -0.4 is 10.2 Å². The first-order chi connectivity index (χ1) is 15.0. The lowest BCUT2D eigenvalue weighted by molar-refractivity contribution is -0.182. The van der Waals surface area contributed by atoms with E-state index < -0.39 is 34.5 Å². The Kier molecular flexibility index (Phi) is 6.74. The van der Waals surface area contributed by atoms with Crippen LogP contribution in [-0.2, 0) is 16.0 Å². The minimum atomic E-state index is -5.22. The van der Waals surface area contributed by atoms with Gasteiger partial charge in [-0.2, -0.15) is 13.2 Å². The predicted octanol–water partition coefficient (Wildman–Crippen LogP) is 6.57. The topological polar surface area (TPSA) is 49.4 Å². The lowest BCUT2D eigenvalue weighted by atomic mass is 9.76. The molecule has 33 heavy (non-hydrogen) atoms. The van der Waals surface area contributed by atoms with E-state index in [-0.39, 0.29) is 22.2 Å². The zero-order valence-electron chi connectivity index (χ0n) is 18.3. The third-order valence-electron chi connectivity index (χ3n) is 5.72. The third-order valence-corrected chi connectivity index (χ3v) is 6.68. The number of benzene rings is 2. The summed E-state index contributed by atoms with van der Waals surface area (Å²) in [6.45, 7) is 5.91. The fourth-order valence-electron chi connectivity index (χ4n) is 4.24. The first-order valence-corrected chi connectivity index (χ1v) is 11.5. The maximum atomic E-state index is 14.0. The van der Waals surface area contributed by atoms with Gasteiger partial charge in [0.25, 0.3) is 5.78 Å². The van der Waals surface area contributed by atoms with Crippen molar-refractivity contribution in [2.75, 3.05) is 4.90 Å². The van der Waals surface area contributed by atoms with Crippen molar-refractivity contribution in [3.8, 4) is 0 Å². The lowest BCUT2D eigenvalue weighted by Gasteiger charge is -2.46. The molecule has 1 aliphatic heterocycles. The molecule has 0 radical (unpaired) electrons. The molecular weight excluding hydrogens is 544 g/mol. The van der Waals surface area contributed by atoms with Gasteiger partial charge in [-0.1, -0.05) is 72.0 Å². The van der Waals surface area contributed by atoms with Gasteiger partial charge in [-0.3, -0.25) is 19.8 Å². The van der Waals surface area contributed by atoms with E-state index in [9.17, 15) is 22.8 Å². The maximum absolute atomic E-state index is 14.0. The van der Waals surface area contributed by atoms with Crippen molar-refractivity contribution in [1.82, 2.24) is 5.32 Å². The summed E-state index contributed by atoms with van der Waals surface area (Å²) in [6.07, 6.45) is -5.17. The van der Waals surface area contributed by atoms with Gasteiger partial charge in [-0.15, -0.1) is 0 Å². The summed E-state index contributed by atoms with van der Waals surface area (Å²) in [6, 6.07) is 11.1. The quantitative estimate of drug-likeness (QED) is 0.456. The summed E-state index contributed by atoms with van der Waals surface area (Å²) in [5.74, 6) is -2.78. The number of hydrogen-bond acceptors (Lipinski definition) is 3. The number of rotatable bonds is 4. The maximum Gasteiger partial charge on any atom is 0.454 e. The zero-order chi connectivity index (χ0) is 25.0. The highest BCUT2D eigenvalue weighted by Gasteiger charge is 2.70. The number of carbonyl (C=O) groups is 2. The molecule has 0 spiro atoms. The second kappa shape index (κ2) is 8.56. The van der Waals surface area contributed by atoms with Crippen LogP contribution >= 0.6 is 39.1 Å². The molecule has 0 aromatic heterocycles. The molecule has 1 N–H and O–H groups in total. The number of hydrogen-bond donors (Lipinski definition) is 1. The Morgan fingerprint density at radius 3 is 2.03 bits per heavy atom. The van der Waals surface area contributed by atoms with Crippen molar-refractivity contribution < 1.29 is 22.8 Å². The second-order valence-corrected chi connectivity index (χ2v) is 11.1. The molecule has 0 unspecified atom stereocenters. The van der Waals surface area contributed by atoms with Crippen LogP contribution in [0, 0.1) is 5.41 Å². The normalized spacial score (nSPS) is 23.8. The highest BCUT2D eigenvalue weighted by atomic mass is 79.9. The molecule has 1 heterocycles. The molecule has 2 atom stereocenters. The molecule has 0 bridgehead atoms. The summed E-state index contributed by atoms with van der Waals surface area (Å²) >= 11 is 15.6. The van der Waals surface area contributed by atoms with Gasteiger partial charge in [-0.05, 0) is 49.2 Å². The summed E-state index contributed by atoms with van der Waals surface area (Å²) in [7, 11) is 0. The Bertz CT molecular complexity index is 1080. The molecule has 2 aromatic rings. The van der Waals surface area contributed by atoms with E-state index in [2.05, 4.69) is 21.2 Å². The van der Waals surface area contributed by atoms with Crippen molar-refractivity contribution in [1.29, 1.82) is 0 Å². The Balaban J connectivity index is 2.28. The van der Waals surface area contributed by atoms with E-state index in [0.29, 0.717) is 5.56 Å². The van der Waals surface area contributed by atoms with Gasteiger partial charge in [0.2, 0.25) is 5.91 Å². The SMILES string of the molecule is CC(C)(C)[C@@]1(C(=O)C(F)(F)F)N[C@](C)(Cc2ccc(Br)cc2)C(=O)N1c1cc(Cl)cc(Cl)c1. The van der Waals surface area contributed by atoms with Gasteiger partial charge in [-0.25, -0.2) is 0 Å². The largest absolute Gasteiger partial charge is 0.454 e. The molecule has 1 aliphatic rings. The average molecular weight is 566 g/mol. The van der Waals surface area contributed by atoms with Crippen molar-refractivity contribution in [3.63, 3.8) is 0 Å². The summed E-state index contributed by atoms with van der Waals surface area (Å²) in [5.41, 5.74) is -4.65. The Hall–Kier alpha value is -1.61. The number of Topliss-reactive ketones (excluding diaryl/α,β-unsaturated/α-hetero) is 1. The Morgan fingerprint density at radius 1 is 1.06 bits per heavy atom. The van der Waals surface area contributed by atoms with Crippen LogP contribution in [0.1, 0.15) is 33.3 Å². The van der Waals surface area contributed by atoms with E-state index in [1.165, 1.54) is 45.9 Å². The van der Waals surface area contributed by atoms with Crippen LogP contribution in [0.3, 0.4) is 0 Å². The molecular formula is C23H22BrCl2F3N2O2. The highest BCUT2D eigenvalue weighted by Crippen LogP contribution is 2.48. The van der Waals surface area contributed by atoms with Gasteiger partial charge < -0.3 is 0 Å². The summed E-state index contributed by atoms with van der Waals surface area (Å²) in [5, 5.41) is 3.08. The standard InChI is InChI=1S/C23H22BrCl2F3N2O2/c1-20(2,3)22(18(32)23(27,28)29)30-21(4,12-13-5-7-14(24)8-6-13)19(33)31(22)17-10-15(25)9-16(26)11-17/h5-11,30H,12H2,1-4H3/t21-,22+/m1/s1. The van der Waals surface area contributed by atoms with E-state index in [4.69, 9.17) is 23.2 Å². The van der Waals surface area contributed by atoms with E-state index in [1.807, 2.05) is 0 Å². The van der Waals surface area contributed by atoms with Crippen LogP contribution in [0.2, 0.25) is 10.0 Å². The van der Waals surface area contributed by atoms with E-state index >= 15 is 0 Å². The predicted molar refractivity (Wildman–Crippen MR) is 127 cm³/mol.